The molecule has 0 bridgehead atoms. The van der Waals surface area contributed by atoms with E-state index in [0.29, 0.717) is 35.0 Å². The highest BCUT2D eigenvalue weighted by molar-refractivity contribution is 6.06. The predicted molar refractivity (Wildman–Crippen MR) is 90.1 cm³/mol. The van der Waals surface area contributed by atoms with Gasteiger partial charge in [0.25, 0.3) is 0 Å². The molecule has 6 nitrogen and oxygen atoms in total. The summed E-state index contributed by atoms with van der Waals surface area (Å²) < 4.78 is 5.02. The fraction of sp³-hybridized carbons (Fsp3) is 0.611. The van der Waals surface area contributed by atoms with Crippen LogP contribution in [0.3, 0.4) is 0 Å². The number of ketones is 1. The molecule has 6 heteroatoms. The van der Waals surface area contributed by atoms with E-state index >= 15 is 0 Å². The zero-order chi connectivity index (χ0) is 18.0. The number of carbonyl (C=O) groups excluding carboxylic acids is 3. The number of nitrogens with one attached hydrogen (secondary N) is 1. The van der Waals surface area contributed by atoms with Gasteiger partial charge in [-0.05, 0) is 52.0 Å². The van der Waals surface area contributed by atoms with Crippen LogP contribution < -0.4 is 0 Å². The van der Waals surface area contributed by atoms with Crippen LogP contribution >= 0.6 is 0 Å². The summed E-state index contributed by atoms with van der Waals surface area (Å²) >= 11 is 0. The Bertz CT molecular complexity index is 658. The number of Topliss-reactive ketones (excluding diaryl/α,β-unsaturated/α-hetero) is 1. The van der Waals surface area contributed by atoms with Gasteiger partial charge in [0.2, 0.25) is 5.91 Å². The molecule has 1 aliphatic carbocycles. The van der Waals surface area contributed by atoms with Gasteiger partial charge in [-0.15, -0.1) is 0 Å². The topological polar surface area (TPSA) is 79.5 Å². The molecule has 0 aromatic carbocycles. The largest absolute Gasteiger partial charge is 0.461 e. The summed E-state index contributed by atoms with van der Waals surface area (Å²) in [5, 5.41) is 0. The lowest BCUT2D eigenvalue weighted by molar-refractivity contribution is -0.130. The fourth-order valence-corrected chi connectivity index (χ4v) is 3.02. The molecule has 0 aliphatic heterocycles. The number of aromatic nitrogens is 1. The van der Waals surface area contributed by atoms with Crippen LogP contribution in [0.4, 0.5) is 0 Å². The number of hydrogen-bond acceptors (Lipinski definition) is 4. The van der Waals surface area contributed by atoms with E-state index in [0.717, 1.165) is 12.8 Å². The van der Waals surface area contributed by atoms with Gasteiger partial charge in [0.1, 0.15) is 5.69 Å². The maximum Gasteiger partial charge on any atom is 0.355 e. The highest BCUT2D eigenvalue weighted by atomic mass is 16.5. The van der Waals surface area contributed by atoms with E-state index in [2.05, 4.69) is 4.98 Å². The van der Waals surface area contributed by atoms with Crippen LogP contribution in [0.15, 0.2) is 0 Å². The number of rotatable bonds is 7. The van der Waals surface area contributed by atoms with E-state index < -0.39 is 12.0 Å². The lowest BCUT2D eigenvalue weighted by atomic mass is 9.99. The number of hydrogen-bond donors (Lipinski definition) is 1. The first-order valence-electron chi connectivity index (χ1n) is 8.45. The minimum absolute atomic E-state index is 0.0980. The standard InChI is InChI=1S/C18H26N2O4/c1-6-24-18(23)16-10(2)15(11(3)19-16)17(22)12(4)20(13(5)21)9-14-7-8-14/h12,14,19H,6-9H2,1-5H3/t12-/m1/s1. The van der Waals surface area contributed by atoms with Crippen LogP contribution in [0.25, 0.3) is 0 Å². The highest BCUT2D eigenvalue weighted by Gasteiger charge is 2.33. The lowest BCUT2D eigenvalue weighted by Gasteiger charge is -2.27. The number of amides is 1. The Morgan fingerprint density at radius 2 is 1.92 bits per heavy atom. The van der Waals surface area contributed by atoms with E-state index in [1.54, 1.807) is 32.6 Å². The number of aryl methyl sites for hydroxylation is 1. The molecule has 1 N–H and O–H groups in total. The SMILES string of the molecule is CCOC(=O)c1[nH]c(C)c(C(=O)[C@@H](C)N(CC2CC2)C(C)=O)c1C. The first kappa shape index (κ1) is 18.2. The van der Waals surface area contributed by atoms with Crippen LogP contribution in [-0.4, -0.2) is 46.7 Å². The Morgan fingerprint density at radius 1 is 1.29 bits per heavy atom. The Hall–Kier alpha value is -2.11. The number of aromatic amines is 1. The Labute approximate surface area is 142 Å². The van der Waals surface area contributed by atoms with Crippen molar-refractivity contribution in [3.8, 4) is 0 Å². The van der Waals surface area contributed by atoms with Crippen molar-refractivity contribution >= 4 is 17.7 Å². The number of nitrogens with zero attached hydrogens (tertiary/aromatic N) is 1. The number of esters is 1. The van der Waals surface area contributed by atoms with E-state index in [1.807, 2.05) is 0 Å². The average Bonchev–Trinajstić information content (AvgIpc) is 3.28. The van der Waals surface area contributed by atoms with Gasteiger partial charge in [-0.1, -0.05) is 0 Å². The highest BCUT2D eigenvalue weighted by Crippen LogP contribution is 2.31. The average molecular weight is 334 g/mol. The Balaban J connectivity index is 2.27. The molecule has 1 saturated carbocycles. The summed E-state index contributed by atoms with van der Waals surface area (Å²) in [6, 6.07) is -0.550. The van der Waals surface area contributed by atoms with Crippen molar-refractivity contribution in [2.75, 3.05) is 13.2 Å². The summed E-state index contributed by atoms with van der Waals surface area (Å²) in [4.78, 5) is 41.5. The quantitative estimate of drug-likeness (QED) is 0.614. The van der Waals surface area contributed by atoms with Crippen molar-refractivity contribution in [2.24, 2.45) is 5.92 Å². The summed E-state index contributed by atoms with van der Waals surface area (Å²) in [7, 11) is 0. The van der Waals surface area contributed by atoms with Crippen LogP contribution in [0.5, 0.6) is 0 Å². The molecule has 1 amide bonds. The summed E-state index contributed by atoms with van der Waals surface area (Å²) in [6.45, 7) is 9.36. The van der Waals surface area contributed by atoms with Crippen molar-refractivity contribution in [1.82, 2.24) is 9.88 Å². The molecule has 0 saturated heterocycles. The maximum atomic E-state index is 13.0. The molecule has 1 aromatic rings. The second-order valence-electron chi connectivity index (χ2n) is 6.50. The van der Waals surface area contributed by atoms with Gasteiger partial charge in [0.15, 0.2) is 5.78 Å². The van der Waals surface area contributed by atoms with Crippen molar-refractivity contribution < 1.29 is 19.1 Å². The molecule has 1 aromatic heterocycles. The van der Waals surface area contributed by atoms with Crippen molar-refractivity contribution in [1.29, 1.82) is 0 Å². The second-order valence-corrected chi connectivity index (χ2v) is 6.50. The molecule has 1 fully saturated rings. The number of carbonyl (C=O) groups is 3. The molecule has 0 spiro atoms. The summed E-state index contributed by atoms with van der Waals surface area (Å²) in [5.74, 6) is -0.203. The van der Waals surface area contributed by atoms with Gasteiger partial charge in [0, 0.05) is 24.7 Å². The third kappa shape index (κ3) is 3.68. The first-order valence-corrected chi connectivity index (χ1v) is 8.45. The predicted octanol–water partition coefficient (Wildman–Crippen LogP) is 2.64. The third-order valence-corrected chi connectivity index (χ3v) is 4.57. The fourth-order valence-electron chi connectivity index (χ4n) is 3.02. The summed E-state index contributed by atoms with van der Waals surface area (Å²) in [5.41, 5.74) is 1.99. The van der Waals surface area contributed by atoms with Gasteiger partial charge >= 0.3 is 5.97 Å². The van der Waals surface area contributed by atoms with Gasteiger partial charge in [-0.25, -0.2) is 4.79 Å². The second kappa shape index (κ2) is 7.20. The van der Waals surface area contributed by atoms with E-state index in [9.17, 15) is 14.4 Å². The van der Waals surface area contributed by atoms with E-state index in [4.69, 9.17) is 4.74 Å². The van der Waals surface area contributed by atoms with E-state index in [-0.39, 0.29) is 18.3 Å². The normalized spacial score (nSPS) is 15.0. The molecule has 1 atom stereocenters. The van der Waals surface area contributed by atoms with Crippen LogP contribution in [0.2, 0.25) is 0 Å². The zero-order valence-electron chi connectivity index (χ0n) is 15.1. The van der Waals surface area contributed by atoms with Gasteiger partial charge in [0.05, 0.1) is 12.6 Å². The number of ether oxygens (including phenoxy) is 1. The molecule has 0 radical (unpaired) electrons. The Kier molecular flexibility index (Phi) is 5.47. The van der Waals surface area contributed by atoms with Crippen molar-refractivity contribution in [3.63, 3.8) is 0 Å². The summed E-state index contributed by atoms with van der Waals surface area (Å²) in [6.07, 6.45) is 2.22. The van der Waals surface area contributed by atoms with Crippen LogP contribution in [-0.2, 0) is 9.53 Å². The molecule has 24 heavy (non-hydrogen) atoms. The minimum Gasteiger partial charge on any atom is -0.461 e. The third-order valence-electron chi connectivity index (χ3n) is 4.57. The minimum atomic E-state index is -0.550. The number of H-pyrrole nitrogens is 1. The molecule has 1 heterocycles. The molecule has 1 aliphatic rings. The monoisotopic (exact) mass is 334 g/mol. The zero-order valence-corrected chi connectivity index (χ0v) is 15.1. The molecule has 0 unspecified atom stereocenters. The Morgan fingerprint density at radius 3 is 2.42 bits per heavy atom. The molecular weight excluding hydrogens is 308 g/mol. The molecule has 2 rings (SSSR count). The van der Waals surface area contributed by atoms with Gasteiger partial charge < -0.3 is 14.6 Å². The van der Waals surface area contributed by atoms with Gasteiger partial charge in [-0.2, -0.15) is 0 Å². The van der Waals surface area contributed by atoms with E-state index in [1.165, 1.54) is 6.92 Å². The lowest BCUT2D eigenvalue weighted by Crippen LogP contribution is -2.43. The van der Waals surface area contributed by atoms with Crippen LogP contribution in [0.1, 0.15) is 65.7 Å². The van der Waals surface area contributed by atoms with Crippen molar-refractivity contribution in [3.05, 3.63) is 22.5 Å². The smallest absolute Gasteiger partial charge is 0.355 e. The first-order chi connectivity index (χ1) is 11.3. The van der Waals surface area contributed by atoms with Gasteiger partial charge in [-0.3, -0.25) is 9.59 Å². The molecular formula is C18H26N2O4. The molecule has 132 valence electrons. The maximum absolute atomic E-state index is 13.0. The van der Waals surface area contributed by atoms with Crippen molar-refractivity contribution in [2.45, 2.75) is 53.5 Å². The van der Waals surface area contributed by atoms with Crippen LogP contribution in [0, 0.1) is 19.8 Å².